The SMILES string of the molecule is CCC1c2c(c3cc(Cl)ccc3n2/C=C(\C)c2ccncc2)CCN1C. The number of rotatable bonds is 3. The van der Waals surface area contributed by atoms with Gasteiger partial charge in [-0.3, -0.25) is 9.88 Å². The van der Waals surface area contributed by atoms with Crippen LogP contribution in [0.1, 0.15) is 43.1 Å². The molecule has 0 saturated carbocycles. The molecule has 0 N–H and O–H groups in total. The zero-order chi connectivity index (χ0) is 18.3. The molecule has 134 valence electrons. The van der Waals surface area contributed by atoms with E-state index in [-0.39, 0.29) is 0 Å². The highest BCUT2D eigenvalue weighted by Crippen LogP contribution is 2.39. The number of hydrogen-bond acceptors (Lipinski definition) is 2. The van der Waals surface area contributed by atoms with Crippen LogP contribution in [-0.4, -0.2) is 28.0 Å². The molecule has 4 rings (SSSR count). The van der Waals surface area contributed by atoms with Crippen molar-refractivity contribution in [2.45, 2.75) is 32.7 Å². The van der Waals surface area contributed by atoms with Gasteiger partial charge in [-0.15, -0.1) is 0 Å². The second-order valence-electron chi connectivity index (χ2n) is 7.10. The molecular formula is C22H24ClN3. The fourth-order valence-corrected chi connectivity index (χ4v) is 4.35. The highest BCUT2D eigenvalue weighted by Gasteiger charge is 2.29. The highest BCUT2D eigenvalue weighted by atomic mass is 35.5. The summed E-state index contributed by atoms with van der Waals surface area (Å²) in [7, 11) is 2.23. The van der Waals surface area contributed by atoms with Gasteiger partial charge >= 0.3 is 0 Å². The third-order valence-corrected chi connectivity index (χ3v) is 5.75. The number of allylic oxidation sites excluding steroid dienone is 1. The van der Waals surface area contributed by atoms with E-state index in [2.05, 4.69) is 65.8 Å². The van der Waals surface area contributed by atoms with Crippen LogP contribution in [0.5, 0.6) is 0 Å². The van der Waals surface area contributed by atoms with E-state index in [9.17, 15) is 0 Å². The number of aromatic nitrogens is 2. The number of likely N-dealkylation sites (N-methyl/N-ethyl adjacent to an activating group) is 1. The second kappa shape index (κ2) is 6.90. The van der Waals surface area contributed by atoms with Crippen LogP contribution < -0.4 is 0 Å². The minimum atomic E-state index is 0.423. The van der Waals surface area contributed by atoms with Crippen molar-refractivity contribution in [3.05, 3.63) is 64.6 Å². The summed E-state index contributed by atoms with van der Waals surface area (Å²) < 4.78 is 2.39. The lowest BCUT2D eigenvalue weighted by Crippen LogP contribution is -2.32. The average Bonchev–Trinajstić information content (AvgIpc) is 2.95. The summed E-state index contributed by atoms with van der Waals surface area (Å²) in [5, 5.41) is 2.09. The van der Waals surface area contributed by atoms with Gasteiger partial charge in [0.05, 0.1) is 11.6 Å². The van der Waals surface area contributed by atoms with Crippen LogP contribution in [0.2, 0.25) is 5.02 Å². The topological polar surface area (TPSA) is 21.1 Å². The third-order valence-electron chi connectivity index (χ3n) is 5.52. The Morgan fingerprint density at radius 2 is 2.04 bits per heavy atom. The lowest BCUT2D eigenvalue weighted by atomic mass is 9.96. The molecule has 0 fully saturated rings. The third kappa shape index (κ3) is 2.85. The molecule has 3 aromatic rings. The Morgan fingerprint density at radius 3 is 2.77 bits per heavy atom. The fraction of sp³-hybridized carbons (Fsp3) is 0.318. The van der Waals surface area contributed by atoms with E-state index >= 15 is 0 Å². The fourth-order valence-electron chi connectivity index (χ4n) is 4.18. The Kier molecular flexibility index (Phi) is 4.60. The van der Waals surface area contributed by atoms with Gasteiger partial charge in [0, 0.05) is 41.2 Å². The molecule has 2 aromatic heterocycles. The van der Waals surface area contributed by atoms with Crippen molar-refractivity contribution in [1.29, 1.82) is 0 Å². The molecule has 1 aliphatic heterocycles. The number of benzene rings is 1. The molecular weight excluding hydrogens is 342 g/mol. The normalized spacial score (nSPS) is 18.3. The maximum absolute atomic E-state index is 6.33. The van der Waals surface area contributed by atoms with Gasteiger partial charge in [-0.1, -0.05) is 18.5 Å². The van der Waals surface area contributed by atoms with Crippen molar-refractivity contribution in [1.82, 2.24) is 14.5 Å². The van der Waals surface area contributed by atoms with Gasteiger partial charge in [-0.25, -0.2) is 0 Å². The van der Waals surface area contributed by atoms with E-state index in [1.165, 1.54) is 33.3 Å². The number of pyridine rings is 1. The lowest BCUT2D eigenvalue weighted by Gasteiger charge is -2.33. The summed E-state index contributed by atoms with van der Waals surface area (Å²) in [5.74, 6) is 0. The van der Waals surface area contributed by atoms with Gasteiger partial charge in [-0.05, 0) is 73.8 Å². The molecule has 0 spiro atoms. The Bertz CT molecular complexity index is 972. The molecule has 0 saturated heterocycles. The summed E-state index contributed by atoms with van der Waals surface area (Å²) >= 11 is 6.33. The summed E-state index contributed by atoms with van der Waals surface area (Å²) in [6.07, 6.45) is 8.12. The summed E-state index contributed by atoms with van der Waals surface area (Å²) in [6, 6.07) is 10.8. The monoisotopic (exact) mass is 365 g/mol. The highest BCUT2D eigenvalue weighted by molar-refractivity contribution is 6.31. The number of halogens is 1. The minimum Gasteiger partial charge on any atom is -0.318 e. The quantitative estimate of drug-likeness (QED) is 0.598. The zero-order valence-electron chi connectivity index (χ0n) is 15.5. The first-order valence-electron chi connectivity index (χ1n) is 9.21. The van der Waals surface area contributed by atoms with Gasteiger partial charge < -0.3 is 4.57 Å². The van der Waals surface area contributed by atoms with E-state index in [4.69, 9.17) is 11.6 Å². The summed E-state index contributed by atoms with van der Waals surface area (Å²) in [4.78, 5) is 6.60. The summed E-state index contributed by atoms with van der Waals surface area (Å²) in [5.41, 5.74) is 6.52. The van der Waals surface area contributed by atoms with Crippen molar-refractivity contribution in [3.63, 3.8) is 0 Å². The first-order chi connectivity index (χ1) is 12.6. The van der Waals surface area contributed by atoms with Crippen LogP contribution in [0.3, 0.4) is 0 Å². The maximum atomic E-state index is 6.33. The van der Waals surface area contributed by atoms with Crippen LogP contribution >= 0.6 is 11.6 Å². The molecule has 26 heavy (non-hydrogen) atoms. The van der Waals surface area contributed by atoms with E-state index in [0.29, 0.717) is 6.04 Å². The van der Waals surface area contributed by atoms with Crippen LogP contribution in [0.4, 0.5) is 0 Å². The minimum absolute atomic E-state index is 0.423. The van der Waals surface area contributed by atoms with E-state index in [0.717, 1.165) is 24.4 Å². The van der Waals surface area contributed by atoms with Crippen molar-refractivity contribution < 1.29 is 0 Å². The van der Waals surface area contributed by atoms with Crippen molar-refractivity contribution >= 4 is 34.3 Å². The van der Waals surface area contributed by atoms with Gasteiger partial charge in [0.2, 0.25) is 0 Å². The average molecular weight is 366 g/mol. The first-order valence-corrected chi connectivity index (χ1v) is 9.59. The first kappa shape index (κ1) is 17.3. The van der Waals surface area contributed by atoms with Gasteiger partial charge in [-0.2, -0.15) is 0 Å². The Morgan fingerprint density at radius 1 is 1.27 bits per heavy atom. The standard InChI is InChI=1S/C22H24ClN3/c1-4-20-22-18(9-12-25(20)3)19-13-17(23)5-6-21(19)26(22)14-15(2)16-7-10-24-11-8-16/h5-8,10-11,13-14,20H,4,9,12H2,1-3H3/b15-14+. The van der Waals surface area contributed by atoms with E-state index < -0.39 is 0 Å². The maximum Gasteiger partial charge on any atom is 0.0530 e. The van der Waals surface area contributed by atoms with E-state index in [1.807, 2.05) is 18.5 Å². The van der Waals surface area contributed by atoms with Gasteiger partial charge in [0.25, 0.3) is 0 Å². The number of nitrogens with zero attached hydrogens (tertiary/aromatic N) is 3. The van der Waals surface area contributed by atoms with Crippen LogP contribution in [-0.2, 0) is 6.42 Å². The Balaban J connectivity index is 1.98. The zero-order valence-corrected chi connectivity index (χ0v) is 16.3. The molecule has 1 aromatic carbocycles. The molecule has 3 nitrogen and oxygen atoms in total. The lowest BCUT2D eigenvalue weighted by molar-refractivity contribution is 0.220. The predicted molar refractivity (Wildman–Crippen MR) is 110 cm³/mol. The van der Waals surface area contributed by atoms with Gasteiger partial charge in [0.1, 0.15) is 0 Å². The number of fused-ring (bicyclic) bond motifs is 3. The van der Waals surface area contributed by atoms with Crippen molar-refractivity contribution in [2.75, 3.05) is 13.6 Å². The van der Waals surface area contributed by atoms with Crippen molar-refractivity contribution in [2.24, 2.45) is 0 Å². The Hall–Kier alpha value is -2.10. The smallest absolute Gasteiger partial charge is 0.0530 e. The molecule has 1 unspecified atom stereocenters. The van der Waals surface area contributed by atoms with Crippen LogP contribution in [0, 0.1) is 0 Å². The molecule has 0 radical (unpaired) electrons. The molecule has 4 heteroatoms. The Labute approximate surface area is 159 Å². The predicted octanol–water partition coefficient (Wildman–Crippen LogP) is 5.65. The van der Waals surface area contributed by atoms with Gasteiger partial charge in [0.15, 0.2) is 0 Å². The number of hydrogen-bond donors (Lipinski definition) is 0. The van der Waals surface area contributed by atoms with E-state index in [1.54, 1.807) is 0 Å². The van der Waals surface area contributed by atoms with Crippen LogP contribution in [0.25, 0.3) is 22.7 Å². The molecule has 1 atom stereocenters. The summed E-state index contributed by atoms with van der Waals surface area (Å²) in [6.45, 7) is 5.52. The molecule has 1 aliphatic rings. The second-order valence-corrected chi connectivity index (χ2v) is 7.53. The van der Waals surface area contributed by atoms with Crippen LogP contribution in [0.15, 0.2) is 42.7 Å². The molecule has 3 heterocycles. The largest absolute Gasteiger partial charge is 0.318 e. The molecule has 0 aliphatic carbocycles. The molecule has 0 bridgehead atoms. The molecule has 0 amide bonds. The van der Waals surface area contributed by atoms with Crippen molar-refractivity contribution in [3.8, 4) is 0 Å².